The molecule has 2 aromatic rings. The van der Waals surface area contributed by atoms with E-state index in [2.05, 4.69) is 0 Å². The molecule has 0 radical (unpaired) electrons. The van der Waals surface area contributed by atoms with Crippen LogP contribution in [-0.4, -0.2) is 25.3 Å². The summed E-state index contributed by atoms with van der Waals surface area (Å²) in [7, 11) is -4.27. The van der Waals surface area contributed by atoms with Crippen molar-refractivity contribution in [3.8, 4) is 0 Å². The van der Waals surface area contributed by atoms with Gasteiger partial charge in [0.25, 0.3) is 11.8 Å². The van der Waals surface area contributed by atoms with Gasteiger partial charge in [-0.3, -0.25) is 9.59 Å². The predicted molar refractivity (Wildman–Crippen MR) is 76.4 cm³/mol. The summed E-state index contributed by atoms with van der Waals surface area (Å²) in [4.78, 5) is 24.1. The second-order valence-corrected chi connectivity index (χ2v) is 6.24. The van der Waals surface area contributed by atoms with Crippen LogP contribution in [0.1, 0.15) is 26.3 Å². The van der Waals surface area contributed by atoms with E-state index < -0.39 is 21.9 Å². The molecule has 112 valence electrons. The maximum atomic E-state index is 12.3. The third-order valence-electron chi connectivity index (χ3n) is 3.29. The molecule has 0 spiro atoms. The Kier molecular flexibility index (Phi) is 3.31. The Bertz CT molecular complexity index is 853. The van der Waals surface area contributed by atoms with Gasteiger partial charge in [0.1, 0.15) is 0 Å². The second-order valence-electron chi connectivity index (χ2n) is 4.74. The van der Waals surface area contributed by atoms with E-state index in [0.29, 0.717) is 5.56 Å². The molecular formula is C15H11NO5S. The molecule has 6 nitrogen and oxygen atoms in total. The first kappa shape index (κ1) is 14.4. The van der Waals surface area contributed by atoms with Crippen LogP contribution in [0.3, 0.4) is 0 Å². The van der Waals surface area contributed by atoms with Crippen molar-refractivity contribution in [2.75, 3.05) is 0 Å². The molecule has 0 unspecified atom stereocenters. The van der Waals surface area contributed by atoms with Crippen LogP contribution >= 0.6 is 0 Å². The van der Waals surface area contributed by atoms with Crippen molar-refractivity contribution in [1.29, 1.82) is 0 Å². The summed E-state index contributed by atoms with van der Waals surface area (Å²) in [5.74, 6) is -1.59. The smallest absolute Gasteiger partial charge is 0.266 e. The number of carbonyl (C=O) groups is 2. The van der Waals surface area contributed by atoms with E-state index in [0.717, 1.165) is 0 Å². The predicted octanol–water partition coefficient (Wildman–Crippen LogP) is 1.91. The second kappa shape index (κ2) is 5.04. The van der Waals surface area contributed by atoms with Crippen molar-refractivity contribution >= 4 is 21.9 Å². The topological polar surface area (TPSA) is 80.8 Å². The van der Waals surface area contributed by atoms with Gasteiger partial charge in [0.2, 0.25) is 0 Å². The molecule has 0 saturated heterocycles. The first-order valence-corrected chi connectivity index (χ1v) is 7.81. The van der Waals surface area contributed by atoms with Gasteiger partial charge in [-0.2, -0.15) is 8.42 Å². The number of hydroxylamine groups is 2. The van der Waals surface area contributed by atoms with Crippen LogP contribution in [0, 0.1) is 6.92 Å². The quantitative estimate of drug-likeness (QED) is 0.808. The van der Waals surface area contributed by atoms with Crippen LogP contribution in [-0.2, 0) is 14.4 Å². The number of hydrogen-bond donors (Lipinski definition) is 0. The van der Waals surface area contributed by atoms with Crippen molar-refractivity contribution in [3.63, 3.8) is 0 Å². The zero-order chi connectivity index (χ0) is 15.9. The van der Waals surface area contributed by atoms with Crippen LogP contribution in [0.25, 0.3) is 0 Å². The Morgan fingerprint density at radius 1 is 0.864 bits per heavy atom. The Morgan fingerprint density at radius 2 is 1.36 bits per heavy atom. The van der Waals surface area contributed by atoms with E-state index in [1.165, 1.54) is 24.3 Å². The Hall–Kier alpha value is -2.51. The van der Waals surface area contributed by atoms with Crippen LogP contribution in [0.15, 0.2) is 53.4 Å². The molecule has 0 aliphatic carbocycles. The lowest BCUT2D eigenvalue weighted by atomic mass is 10.1. The highest BCUT2D eigenvalue weighted by Gasteiger charge is 2.40. The molecule has 2 amide bonds. The molecule has 0 aromatic heterocycles. The first-order chi connectivity index (χ1) is 10.4. The number of benzene rings is 2. The zero-order valence-corrected chi connectivity index (χ0v) is 12.3. The van der Waals surface area contributed by atoms with Crippen molar-refractivity contribution in [2.45, 2.75) is 11.8 Å². The molecule has 0 bridgehead atoms. The molecule has 3 rings (SSSR count). The highest BCUT2D eigenvalue weighted by molar-refractivity contribution is 7.86. The molecule has 2 aromatic carbocycles. The van der Waals surface area contributed by atoms with Crippen LogP contribution in [0.2, 0.25) is 0 Å². The molecule has 1 heterocycles. The summed E-state index contributed by atoms with van der Waals surface area (Å²) < 4.78 is 29.3. The average Bonchev–Trinajstić information content (AvgIpc) is 2.73. The van der Waals surface area contributed by atoms with E-state index in [1.807, 2.05) is 0 Å². The Morgan fingerprint density at radius 3 is 1.91 bits per heavy atom. The van der Waals surface area contributed by atoms with Crippen LogP contribution < -0.4 is 0 Å². The lowest BCUT2D eigenvalue weighted by Crippen LogP contribution is -2.32. The summed E-state index contributed by atoms with van der Waals surface area (Å²) >= 11 is 0. The van der Waals surface area contributed by atoms with Gasteiger partial charge in [0, 0.05) is 0 Å². The number of amides is 2. The SMILES string of the molecule is Cc1ccccc1S(=O)(=O)ON1C(=O)c2ccccc2C1=O. The first-order valence-electron chi connectivity index (χ1n) is 6.40. The fourth-order valence-corrected chi connectivity index (χ4v) is 3.33. The van der Waals surface area contributed by atoms with E-state index in [9.17, 15) is 18.0 Å². The molecule has 1 aliphatic heterocycles. The third kappa shape index (κ3) is 2.20. The number of rotatable bonds is 3. The van der Waals surface area contributed by atoms with Crippen molar-refractivity contribution in [3.05, 3.63) is 65.2 Å². The minimum Gasteiger partial charge on any atom is -0.266 e. The summed E-state index contributed by atoms with van der Waals surface area (Å²) in [5.41, 5.74) is 0.694. The number of hydrogen-bond acceptors (Lipinski definition) is 5. The molecule has 0 saturated carbocycles. The van der Waals surface area contributed by atoms with Gasteiger partial charge in [-0.25, -0.2) is 0 Å². The fourth-order valence-electron chi connectivity index (χ4n) is 2.21. The lowest BCUT2D eigenvalue weighted by molar-refractivity contribution is -0.0104. The summed E-state index contributed by atoms with van der Waals surface area (Å²) in [6, 6.07) is 12.2. The Labute approximate surface area is 127 Å². The van der Waals surface area contributed by atoms with Crippen molar-refractivity contribution in [1.82, 2.24) is 5.06 Å². The van der Waals surface area contributed by atoms with Crippen molar-refractivity contribution in [2.24, 2.45) is 0 Å². The molecular weight excluding hydrogens is 306 g/mol. The van der Waals surface area contributed by atoms with E-state index in [1.54, 1.807) is 31.2 Å². The standard InChI is InChI=1S/C15H11NO5S/c1-10-6-2-5-9-13(10)22(19,20)21-16-14(17)11-7-3-4-8-12(11)15(16)18/h2-9H,1H3. The normalized spacial score (nSPS) is 14.3. The van der Waals surface area contributed by atoms with Gasteiger partial charge in [-0.15, -0.1) is 9.35 Å². The number of fused-ring (bicyclic) bond motifs is 1. The number of aryl methyl sites for hydroxylation is 1. The van der Waals surface area contributed by atoms with Crippen LogP contribution in [0.4, 0.5) is 0 Å². The van der Waals surface area contributed by atoms with E-state index >= 15 is 0 Å². The van der Waals surface area contributed by atoms with Gasteiger partial charge in [-0.05, 0) is 30.7 Å². The van der Waals surface area contributed by atoms with Gasteiger partial charge >= 0.3 is 10.1 Å². The minimum absolute atomic E-state index is 0.0912. The fraction of sp³-hybridized carbons (Fsp3) is 0.0667. The largest absolute Gasteiger partial charge is 0.318 e. The maximum absolute atomic E-state index is 12.3. The molecule has 22 heavy (non-hydrogen) atoms. The Balaban J connectivity index is 1.97. The van der Waals surface area contributed by atoms with Crippen LogP contribution in [0.5, 0.6) is 0 Å². The summed E-state index contributed by atoms with van der Waals surface area (Å²) in [5, 5.41) is 0.284. The van der Waals surface area contributed by atoms with E-state index in [-0.39, 0.29) is 21.1 Å². The minimum atomic E-state index is -4.27. The van der Waals surface area contributed by atoms with Gasteiger partial charge < -0.3 is 0 Å². The molecule has 0 fully saturated rings. The number of imide groups is 1. The number of carbonyl (C=O) groups excluding carboxylic acids is 2. The monoisotopic (exact) mass is 317 g/mol. The zero-order valence-electron chi connectivity index (χ0n) is 11.5. The van der Waals surface area contributed by atoms with Gasteiger partial charge in [-0.1, -0.05) is 30.3 Å². The highest BCUT2D eigenvalue weighted by atomic mass is 32.2. The maximum Gasteiger partial charge on any atom is 0.318 e. The lowest BCUT2D eigenvalue weighted by Gasteiger charge is -2.14. The number of nitrogens with zero attached hydrogens (tertiary/aromatic N) is 1. The van der Waals surface area contributed by atoms with Crippen molar-refractivity contribution < 1.29 is 22.3 Å². The summed E-state index contributed by atoms with van der Waals surface area (Å²) in [6.07, 6.45) is 0. The van der Waals surface area contributed by atoms with Gasteiger partial charge in [0.05, 0.1) is 16.0 Å². The molecule has 1 aliphatic rings. The highest BCUT2D eigenvalue weighted by Crippen LogP contribution is 2.26. The molecule has 7 heteroatoms. The van der Waals surface area contributed by atoms with E-state index in [4.69, 9.17) is 4.28 Å². The van der Waals surface area contributed by atoms with Gasteiger partial charge in [0.15, 0.2) is 0 Å². The third-order valence-corrected chi connectivity index (χ3v) is 4.63. The summed E-state index contributed by atoms with van der Waals surface area (Å²) in [6.45, 7) is 1.60. The molecule has 0 atom stereocenters. The average molecular weight is 317 g/mol. The molecule has 0 N–H and O–H groups in total.